The molecule has 0 aromatic heterocycles. The van der Waals surface area contributed by atoms with Gasteiger partial charge in [-0.2, -0.15) is 0 Å². The van der Waals surface area contributed by atoms with Gasteiger partial charge in [0.1, 0.15) is 12.3 Å². The first-order valence-electron chi connectivity index (χ1n) is 9.24. The van der Waals surface area contributed by atoms with E-state index in [2.05, 4.69) is 5.32 Å². The number of nitrogens with zero attached hydrogens (tertiary/aromatic N) is 1. The van der Waals surface area contributed by atoms with Gasteiger partial charge in [-0.3, -0.25) is 18.9 Å². The normalized spacial score (nSPS) is 18.7. The van der Waals surface area contributed by atoms with Gasteiger partial charge in [-0.15, -0.1) is 0 Å². The van der Waals surface area contributed by atoms with Crippen molar-refractivity contribution < 1.29 is 23.6 Å². The third-order valence-corrected chi connectivity index (χ3v) is 4.83. The maximum atomic E-state index is 12.7. The zero-order valence-electron chi connectivity index (χ0n) is 16.4. The number of allylic oxidation sites excluding steroid dienone is 2. The molecule has 0 spiro atoms. The maximum Gasteiger partial charge on any atom is 0.275 e. The molecule has 0 saturated heterocycles. The van der Waals surface area contributed by atoms with E-state index < -0.39 is 11.9 Å². The highest BCUT2D eigenvalue weighted by atomic mass is 16.5. The molecule has 2 aromatic carbocycles. The summed E-state index contributed by atoms with van der Waals surface area (Å²) in [6.07, 6.45) is 2.85. The van der Waals surface area contributed by atoms with Gasteiger partial charge in [-0.05, 0) is 11.1 Å². The molecule has 2 aromatic rings. The topological polar surface area (TPSA) is 72.5 Å². The van der Waals surface area contributed by atoms with Crippen LogP contribution in [-0.2, 0) is 19.1 Å². The third kappa shape index (κ3) is 4.50. The number of benzene rings is 2. The van der Waals surface area contributed by atoms with Gasteiger partial charge in [-0.1, -0.05) is 60.7 Å². The minimum absolute atomic E-state index is 0.0252. The molecule has 1 heterocycles. The van der Waals surface area contributed by atoms with E-state index >= 15 is 0 Å². The number of likely N-dealkylation sites (N-methyl/N-ethyl adjacent to an activating group) is 2. The van der Waals surface area contributed by atoms with Crippen LogP contribution in [0, 0.1) is 0 Å². The number of aldehydes is 1. The number of ketones is 1. The second kappa shape index (κ2) is 8.67. The Balaban J connectivity index is 2.00. The summed E-state index contributed by atoms with van der Waals surface area (Å²) in [5, 5.41) is 2.55. The second-order valence-corrected chi connectivity index (χ2v) is 6.96. The predicted octanol–water partition coefficient (Wildman–Crippen LogP) is 2.49. The predicted molar refractivity (Wildman–Crippen MR) is 108 cm³/mol. The van der Waals surface area contributed by atoms with Crippen molar-refractivity contribution in [2.45, 2.75) is 6.10 Å². The summed E-state index contributed by atoms with van der Waals surface area (Å²) in [5.74, 6) is -0.566. The lowest BCUT2D eigenvalue weighted by molar-refractivity contribution is -0.808. The Hall–Kier alpha value is -3.51. The Morgan fingerprint density at radius 1 is 1.07 bits per heavy atom. The van der Waals surface area contributed by atoms with Crippen LogP contribution in [0.1, 0.15) is 17.2 Å². The van der Waals surface area contributed by atoms with Crippen LogP contribution >= 0.6 is 0 Å². The smallest absolute Gasteiger partial charge is 0.275 e. The van der Waals surface area contributed by atoms with E-state index in [0.717, 1.165) is 11.1 Å². The van der Waals surface area contributed by atoms with E-state index in [1.54, 1.807) is 7.05 Å². The van der Waals surface area contributed by atoms with Gasteiger partial charge in [0.2, 0.25) is 17.8 Å². The summed E-state index contributed by atoms with van der Waals surface area (Å²) in [5.41, 5.74) is 1.97. The molecule has 6 heteroatoms. The Kier molecular flexibility index (Phi) is 6.04. The number of amides is 1. The highest BCUT2D eigenvalue weighted by Crippen LogP contribution is 2.31. The Morgan fingerprint density at radius 3 is 2.10 bits per heavy atom. The zero-order chi connectivity index (χ0) is 20.9. The number of carbonyl (C=O) groups excluding carboxylic acids is 3. The summed E-state index contributed by atoms with van der Waals surface area (Å²) in [4.78, 5) is 36.2. The van der Waals surface area contributed by atoms with E-state index in [1.165, 1.54) is 19.3 Å². The molecule has 1 aliphatic heterocycles. The first kappa shape index (κ1) is 20.2. The quantitative estimate of drug-likeness (QED) is 0.581. The van der Waals surface area contributed by atoms with Crippen molar-refractivity contribution in [3.05, 3.63) is 95.5 Å². The SMILES string of the molecule is CNC(=O)C[N+]1(C)C=C(OC(c2ccccc2)c2ccccc2)C(=O)C=C1C=O. The summed E-state index contributed by atoms with van der Waals surface area (Å²) in [7, 11) is 3.21. The average molecular weight is 391 g/mol. The Bertz CT molecular complexity index is 927. The van der Waals surface area contributed by atoms with Crippen LogP contribution in [0.4, 0.5) is 0 Å². The number of nitrogens with one attached hydrogen (secondary N) is 1. The molecule has 1 atom stereocenters. The van der Waals surface area contributed by atoms with Crippen molar-refractivity contribution >= 4 is 18.0 Å². The molecule has 3 rings (SSSR count). The van der Waals surface area contributed by atoms with Gasteiger partial charge in [0.25, 0.3) is 5.91 Å². The summed E-state index contributed by atoms with van der Waals surface area (Å²) in [6, 6.07) is 19.1. The van der Waals surface area contributed by atoms with Gasteiger partial charge in [0.15, 0.2) is 12.2 Å². The van der Waals surface area contributed by atoms with E-state index in [1.807, 2.05) is 60.7 Å². The summed E-state index contributed by atoms with van der Waals surface area (Å²) >= 11 is 0. The zero-order valence-corrected chi connectivity index (χ0v) is 16.4. The fourth-order valence-corrected chi connectivity index (χ4v) is 3.22. The highest BCUT2D eigenvalue weighted by Gasteiger charge is 2.37. The van der Waals surface area contributed by atoms with Gasteiger partial charge < -0.3 is 10.1 Å². The van der Waals surface area contributed by atoms with Crippen molar-refractivity contribution in [1.29, 1.82) is 0 Å². The van der Waals surface area contributed by atoms with Crippen molar-refractivity contribution in [3.8, 4) is 0 Å². The molecule has 29 heavy (non-hydrogen) atoms. The van der Waals surface area contributed by atoms with Gasteiger partial charge in [0, 0.05) is 7.05 Å². The first-order chi connectivity index (χ1) is 14.0. The standard InChI is InChI=1S/C23H22N2O4/c1-24-22(28)15-25(2)14-21(20(27)13-19(25)16-26)29-23(17-9-5-3-6-10-17)18-11-7-4-8-12-18/h3-14,16,23H,15H2,1-2H3/p+1. The van der Waals surface area contributed by atoms with Crippen LogP contribution in [0.2, 0.25) is 0 Å². The van der Waals surface area contributed by atoms with Crippen LogP contribution in [0.25, 0.3) is 0 Å². The van der Waals surface area contributed by atoms with Crippen LogP contribution in [0.5, 0.6) is 0 Å². The van der Waals surface area contributed by atoms with Crippen LogP contribution in [0.15, 0.2) is 84.4 Å². The molecule has 148 valence electrons. The highest BCUT2D eigenvalue weighted by molar-refractivity contribution is 6.05. The number of rotatable bonds is 7. The molecule has 1 amide bonds. The first-order valence-corrected chi connectivity index (χ1v) is 9.24. The minimum atomic E-state index is -0.507. The summed E-state index contributed by atoms with van der Waals surface area (Å²) in [6.45, 7) is -0.0252. The van der Waals surface area contributed by atoms with E-state index in [-0.39, 0.29) is 28.4 Å². The largest absolute Gasteiger partial charge is 0.472 e. The lowest BCUT2D eigenvalue weighted by Crippen LogP contribution is -2.47. The Morgan fingerprint density at radius 2 is 1.62 bits per heavy atom. The van der Waals surface area contributed by atoms with Gasteiger partial charge in [0.05, 0.1) is 13.1 Å². The second-order valence-electron chi connectivity index (χ2n) is 6.96. The summed E-state index contributed by atoms with van der Waals surface area (Å²) < 4.78 is 6.03. The fraction of sp³-hybridized carbons (Fsp3) is 0.174. The molecule has 1 N–H and O–H groups in total. The molecule has 0 aliphatic carbocycles. The third-order valence-electron chi connectivity index (χ3n) is 4.83. The molecule has 0 fully saturated rings. The van der Waals surface area contributed by atoms with Crippen LogP contribution < -0.4 is 5.32 Å². The molecular formula is C23H23N2O4+. The van der Waals surface area contributed by atoms with E-state index in [0.29, 0.717) is 6.29 Å². The van der Waals surface area contributed by atoms with E-state index in [9.17, 15) is 14.4 Å². The van der Waals surface area contributed by atoms with E-state index in [4.69, 9.17) is 4.74 Å². The molecule has 0 bridgehead atoms. The van der Waals surface area contributed by atoms with Crippen molar-refractivity contribution in [2.24, 2.45) is 0 Å². The van der Waals surface area contributed by atoms with Crippen molar-refractivity contribution in [1.82, 2.24) is 5.32 Å². The number of carbonyl (C=O) groups is 3. The van der Waals surface area contributed by atoms with Crippen LogP contribution in [-0.4, -0.2) is 43.1 Å². The average Bonchev–Trinajstić information content (AvgIpc) is 2.75. The molecule has 1 unspecified atom stereocenters. The van der Waals surface area contributed by atoms with Crippen LogP contribution in [0.3, 0.4) is 0 Å². The van der Waals surface area contributed by atoms with Crippen molar-refractivity contribution in [3.63, 3.8) is 0 Å². The number of hydrogen-bond donors (Lipinski definition) is 1. The molecular weight excluding hydrogens is 368 g/mol. The minimum Gasteiger partial charge on any atom is -0.472 e. The number of hydrogen-bond acceptors (Lipinski definition) is 4. The maximum absolute atomic E-state index is 12.7. The number of ether oxygens (including phenoxy) is 1. The Labute approximate surface area is 169 Å². The lowest BCUT2D eigenvalue weighted by Gasteiger charge is -2.32. The van der Waals surface area contributed by atoms with Crippen molar-refractivity contribution in [2.75, 3.05) is 20.6 Å². The molecule has 0 saturated carbocycles. The fourth-order valence-electron chi connectivity index (χ4n) is 3.22. The molecule has 6 nitrogen and oxygen atoms in total. The number of quaternary nitrogens is 1. The van der Waals surface area contributed by atoms with Gasteiger partial charge >= 0.3 is 0 Å². The molecule has 1 aliphatic rings. The van der Waals surface area contributed by atoms with Gasteiger partial charge in [-0.25, -0.2) is 0 Å². The monoisotopic (exact) mass is 391 g/mol. The molecule has 0 radical (unpaired) electrons. The lowest BCUT2D eigenvalue weighted by atomic mass is 10.0.